The normalized spacial score (nSPS) is 12.2. The summed E-state index contributed by atoms with van der Waals surface area (Å²) in [5.74, 6) is -0.531. The molecule has 1 unspecified atom stereocenters. The summed E-state index contributed by atoms with van der Waals surface area (Å²) in [6.07, 6.45) is 0.364. The Hall–Kier alpha value is -3.36. The van der Waals surface area contributed by atoms with Crippen molar-refractivity contribution in [1.82, 2.24) is 10.2 Å². The zero-order chi connectivity index (χ0) is 29.4. The highest BCUT2D eigenvalue weighted by molar-refractivity contribution is 7.92. The van der Waals surface area contributed by atoms with Gasteiger partial charge in [0.25, 0.3) is 10.0 Å². The number of rotatable bonds is 12. The van der Waals surface area contributed by atoms with Gasteiger partial charge in [0.15, 0.2) is 0 Å². The van der Waals surface area contributed by atoms with E-state index in [1.54, 1.807) is 36.4 Å². The maximum atomic E-state index is 14.1. The first-order valence-electron chi connectivity index (χ1n) is 13.4. The van der Waals surface area contributed by atoms with Crippen molar-refractivity contribution in [2.75, 3.05) is 17.4 Å². The lowest BCUT2D eigenvalue weighted by atomic mass is 10.1. The van der Waals surface area contributed by atoms with Gasteiger partial charge in [0, 0.05) is 18.1 Å². The van der Waals surface area contributed by atoms with Crippen LogP contribution in [0.15, 0.2) is 77.7 Å². The molecule has 0 bridgehead atoms. The minimum atomic E-state index is -4.14. The van der Waals surface area contributed by atoms with E-state index in [0.717, 1.165) is 21.0 Å². The molecule has 0 heterocycles. The van der Waals surface area contributed by atoms with Crippen LogP contribution in [0, 0.1) is 19.8 Å². The Morgan fingerprint density at radius 1 is 0.950 bits per heavy atom. The molecule has 3 rings (SSSR count). The van der Waals surface area contributed by atoms with Crippen LogP contribution in [0.5, 0.6) is 0 Å². The third-order valence-corrected chi connectivity index (χ3v) is 8.79. The fourth-order valence-electron chi connectivity index (χ4n) is 4.22. The lowest BCUT2D eigenvalue weighted by Crippen LogP contribution is -2.52. The van der Waals surface area contributed by atoms with E-state index in [4.69, 9.17) is 11.6 Å². The number of benzene rings is 3. The lowest BCUT2D eigenvalue weighted by Gasteiger charge is -2.33. The Labute approximate surface area is 243 Å². The summed E-state index contributed by atoms with van der Waals surface area (Å²) in [7, 11) is -4.14. The average molecular weight is 584 g/mol. The third-order valence-electron chi connectivity index (χ3n) is 6.60. The van der Waals surface area contributed by atoms with Gasteiger partial charge in [0.1, 0.15) is 12.6 Å². The van der Waals surface area contributed by atoms with Crippen LogP contribution in [0.3, 0.4) is 0 Å². The van der Waals surface area contributed by atoms with Crippen molar-refractivity contribution in [2.45, 2.75) is 58.5 Å². The number of halogens is 1. The molecule has 1 atom stereocenters. The number of hydrogen-bond acceptors (Lipinski definition) is 4. The van der Waals surface area contributed by atoms with Crippen molar-refractivity contribution in [2.24, 2.45) is 5.92 Å². The van der Waals surface area contributed by atoms with E-state index in [-0.39, 0.29) is 29.0 Å². The average Bonchev–Trinajstić information content (AvgIpc) is 2.93. The van der Waals surface area contributed by atoms with E-state index in [1.807, 2.05) is 58.9 Å². The van der Waals surface area contributed by atoms with Gasteiger partial charge >= 0.3 is 0 Å². The number of hydrogen-bond donors (Lipinski definition) is 1. The first-order chi connectivity index (χ1) is 18.9. The van der Waals surface area contributed by atoms with Gasteiger partial charge in [-0.1, -0.05) is 86.5 Å². The molecular weight excluding hydrogens is 546 g/mol. The second-order valence-corrected chi connectivity index (χ2v) is 12.6. The van der Waals surface area contributed by atoms with Crippen molar-refractivity contribution in [3.05, 3.63) is 94.5 Å². The van der Waals surface area contributed by atoms with Crippen LogP contribution in [0.25, 0.3) is 0 Å². The van der Waals surface area contributed by atoms with Crippen LogP contribution in [-0.4, -0.2) is 44.3 Å². The Balaban J connectivity index is 2.05. The number of aryl methyl sites for hydroxylation is 2. The largest absolute Gasteiger partial charge is 0.354 e. The molecule has 0 fully saturated rings. The van der Waals surface area contributed by atoms with Crippen molar-refractivity contribution in [1.29, 1.82) is 0 Å². The SMILES string of the molecule is CCC(C(=O)NCC(C)C)N(Cc1ccc(C)cc1)C(=O)CN(c1ccc(C)c(Cl)c1)S(=O)(=O)c1ccccc1. The second-order valence-electron chi connectivity index (χ2n) is 10.3. The Bertz CT molecular complexity index is 1410. The molecule has 214 valence electrons. The van der Waals surface area contributed by atoms with Gasteiger partial charge in [-0.05, 0) is 61.6 Å². The molecule has 2 amide bonds. The molecule has 0 saturated heterocycles. The van der Waals surface area contributed by atoms with E-state index in [9.17, 15) is 18.0 Å². The van der Waals surface area contributed by atoms with E-state index in [1.165, 1.54) is 17.0 Å². The molecule has 0 saturated carbocycles. The molecule has 3 aromatic carbocycles. The number of nitrogens with zero attached hydrogens (tertiary/aromatic N) is 2. The van der Waals surface area contributed by atoms with E-state index < -0.39 is 28.5 Å². The predicted octanol–water partition coefficient (Wildman–Crippen LogP) is 5.73. The lowest BCUT2D eigenvalue weighted by molar-refractivity contribution is -0.140. The van der Waals surface area contributed by atoms with Gasteiger partial charge in [-0.2, -0.15) is 0 Å². The number of amides is 2. The topological polar surface area (TPSA) is 86.8 Å². The quantitative estimate of drug-likeness (QED) is 0.295. The van der Waals surface area contributed by atoms with E-state index in [2.05, 4.69) is 5.32 Å². The van der Waals surface area contributed by atoms with Gasteiger partial charge in [-0.25, -0.2) is 8.42 Å². The molecular formula is C31H38ClN3O4S. The third kappa shape index (κ3) is 7.86. The number of sulfonamides is 1. The van der Waals surface area contributed by atoms with Crippen molar-refractivity contribution in [3.8, 4) is 0 Å². The molecule has 1 N–H and O–H groups in total. The molecule has 7 nitrogen and oxygen atoms in total. The maximum absolute atomic E-state index is 14.1. The number of carbonyl (C=O) groups excluding carboxylic acids is 2. The van der Waals surface area contributed by atoms with Crippen LogP contribution in [0.2, 0.25) is 5.02 Å². The molecule has 0 aliphatic carbocycles. The molecule has 0 radical (unpaired) electrons. The van der Waals surface area contributed by atoms with E-state index in [0.29, 0.717) is 18.0 Å². The first-order valence-corrected chi connectivity index (χ1v) is 15.2. The standard InChI is InChI=1S/C31H38ClN3O4S/c1-6-29(31(37)33-19-22(2)3)34(20-25-15-12-23(4)13-16-25)30(36)21-35(26-17-14-24(5)28(32)18-26)40(38,39)27-10-8-7-9-11-27/h7-18,22,29H,6,19-21H2,1-5H3,(H,33,37). The van der Waals surface area contributed by atoms with Gasteiger partial charge in [-0.15, -0.1) is 0 Å². The van der Waals surface area contributed by atoms with Crippen LogP contribution in [0.4, 0.5) is 5.69 Å². The highest BCUT2D eigenvalue weighted by Gasteiger charge is 2.33. The van der Waals surface area contributed by atoms with Gasteiger partial charge < -0.3 is 10.2 Å². The fourth-order valence-corrected chi connectivity index (χ4v) is 5.82. The molecule has 0 aliphatic rings. The van der Waals surface area contributed by atoms with Gasteiger partial charge in [0.2, 0.25) is 11.8 Å². The fraction of sp³-hybridized carbons (Fsp3) is 0.355. The second kappa shape index (κ2) is 13.8. The molecule has 9 heteroatoms. The van der Waals surface area contributed by atoms with Crippen LogP contribution >= 0.6 is 11.6 Å². The summed E-state index contributed by atoms with van der Waals surface area (Å²) in [5, 5.41) is 3.32. The highest BCUT2D eigenvalue weighted by atomic mass is 35.5. The maximum Gasteiger partial charge on any atom is 0.264 e. The zero-order valence-corrected chi connectivity index (χ0v) is 25.3. The summed E-state index contributed by atoms with van der Waals surface area (Å²) in [6.45, 7) is 9.74. The Kier molecular flexibility index (Phi) is 10.8. The summed E-state index contributed by atoms with van der Waals surface area (Å²) >= 11 is 6.38. The predicted molar refractivity (Wildman–Crippen MR) is 161 cm³/mol. The summed E-state index contributed by atoms with van der Waals surface area (Å²) < 4.78 is 28.8. The highest BCUT2D eigenvalue weighted by Crippen LogP contribution is 2.28. The first kappa shape index (κ1) is 31.2. The summed E-state index contributed by atoms with van der Waals surface area (Å²) in [4.78, 5) is 28.9. The van der Waals surface area contributed by atoms with Crippen LogP contribution < -0.4 is 9.62 Å². The number of nitrogens with one attached hydrogen (secondary N) is 1. The summed E-state index contributed by atoms with van der Waals surface area (Å²) in [6, 6.07) is 19.8. The molecule has 0 spiro atoms. The molecule has 40 heavy (non-hydrogen) atoms. The Morgan fingerprint density at radius 2 is 1.60 bits per heavy atom. The molecule has 0 aromatic heterocycles. The minimum absolute atomic E-state index is 0.0475. The summed E-state index contributed by atoms with van der Waals surface area (Å²) in [5.41, 5.74) is 2.95. The van der Waals surface area contributed by atoms with Crippen molar-refractivity contribution >= 4 is 39.1 Å². The van der Waals surface area contributed by atoms with E-state index >= 15 is 0 Å². The van der Waals surface area contributed by atoms with Crippen molar-refractivity contribution < 1.29 is 18.0 Å². The smallest absolute Gasteiger partial charge is 0.264 e. The zero-order valence-electron chi connectivity index (χ0n) is 23.7. The number of anilines is 1. The number of carbonyl (C=O) groups is 2. The van der Waals surface area contributed by atoms with Gasteiger partial charge in [-0.3, -0.25) is 13.9 Å². The molecule has 0 aliphatic heterocycles. The monoisotopic (exact) mass is 583 g/mol. The van der Waals surface area contributed by atoms with Crippen LogP contribution in [0.1, 0.15) is 43.9 Å². The van der Waals surface area contributed by atoms with Gasteiger partial charge in [0.05, 0.1) is 10.6 Å². The minimum Gasteiger partial charge on any atom is -0.354 e. The van der Waals surface area contributed by atoms with Crippen molar-refractivity contribution in [3.63, 3.8) is 0 Å². The Morgan fingerprint density at radius 3 is 2.17 bits per heavy atom. The molecule has 3 aromatic rings. The van der Waals surface area contributed by atoms with Crippen LogP contribution in [-0.2, 0) is 26.2 Å².